The van der Waals surface area contributed by atoms with Gasteiger partial charge < -0.3 is 5.73 Å². The van der Waals surface area contributed by atoms with Crippen LogP contribution in [0.25, 0.3) is 22.3 Å². The van der Waals surface area contributed by atoms with Crippen molar-refractivity contribution in [3.63, 3.8) is 0 Å². The van der Waals surface area contributed by atoms with Gasteiger partial charge in [-0.1, -0.05) is 29.8 Å². The first kappa shape index (κ1) is 11.7. The third-order valence-electron chi connectivity index (χ3n) is 3.19. The first-order valence-corrected chi connectivity index (χ1v) is 6.24. The highest BCUT2D eigenvalue weighted by Crippen LogP contribution is 2.24. The van der Waals surface area contributed by atoms with E-state index in [2.05, 4.69) is 36.2 Å². The van der Waals surface area contributed by atoms with E-state index in [0.29, 0.717) is 5.69 Å². The van der Waals surface area contributed by atoms with Crippen LogP contribution < -0.4 is 5.73 Å². The highest BCUT2D eigenvalue weighted by molar-refractivity contribution is 5.81. The second kappa shape index (κ2) is 4.35. The van der Waals surface area contributed by atoms with Crippen molar-refractivity contribution in [2.24, 2.45) is 0 Å². The summed E-state index contributed by atoms with van der Waals surface area (Å²) in [4.78, 5) is 9.29. The maximum atomic E-state index is 5.80. The molecule has 1 heterocycles. The Hall–Kier alpha value is -2.42. The van der Waals surface area contributed by atoms with Crippen molar-refractivity contribution in [2.45, 2.75) is 13.8 Å². The molecular formula is C16H15N3. The van der Waals surface area contributed by atoms with Crippen molar-refractivity contribution in [1.29, 1.82) is 0 Å². The van der Waals surface area contributed by atoms with E-state index in [1.807, 2.05) is 25.1 Å². The summed E-state index contributed by atoms with van der Waals surface area (Å²) in [6.45, 7) is 4.06. The Morgan fingerprint density at radius 1 is 0.842 bits per heavy atom. The topological polar surface area (TPSA) is 51.8 Å². The molecular weight excluding hydrogens is 234 g/mol. The molecule has 0 fully saturated rings. The Bertz CT molecular complexity index is 746. The van der Waals surface area contributed by atoms with Crippen LogP contribution in [-0.2, 0) is 0 Å². The molecule has 2 N–H and O–H groups in total. The van der Waals surface area contributed by atoms with Crippen LogP contribution >= 0.6 is 0 Å². The minimum absolute atomic E-state index is 0.709. The van der Waals surface area contributed by atoms with Gasteiger partial charge in [-0.2, -0.15) is 0 Å². The summed E-state index contributed by atoms with van der Waals surface area (Å²) in [6.07, 6.45) is 0. The van der Waals surface area contributed by atoms with Gasteiger partial charge in [-0.15, -0.1) is 0 Å². The van der Waals surface area contributed by atoms with Crippen LogP contribution in [0.3, 0.4) is 0 Å². The van der Waals surface area contributed by atoms with Crippen molar-refractivity contribution in [1.82, 2.24) is 9.97 Å². The van der Waals surface area contributed by atoms with Gasteiger partial charge in [-0.25, -0.2) is 9.97 Å². The third kappa shape index (κ3) is 2.15. The number of benzene rings is 2. The third-order valence-corrected chi connectivity index (χ3v) is 3.19. The molecule has 3 aromatic rings. The molecule has 1 aromatic heterocycles. The Labute approximate surface area is 112 Å². The van der Waals surface area contributed by atoms with Crippen molar-refractivity contribution < 1.29 is 0 Å². The molecule has 0 aliphatic carbocycles. The summed E-state index contributed by atoms with van der Waals surface area (Å²) in [5.74, 6) is 0. The Morgan fingerprint density at radius 2 is 1.58 bits per heavy atom. The van der Waals surface area contributed by atoms with Crippen molar-refractivity contribution in [2.75, 3.05) is 5.73 Å². The molecule has 0 unspecified atom stereocenters. The van der Waals surface area contributed by atoms with Crippen LogP contribution in [-0.4, -0.2) is 9.97 Å². The number of nitrogens with two attached hydrogens (primary N) is 1. The number of anilines is 1. The molecule has 0 saturated heterocycles. The molecule has 2 aromatic carbocycles. The molecule has 19 heavy (non-hydrogen) atoms. The lowest BCUT2D eigenvalue weighted by molar-refractivity contribution is 1.19. The minimum Gasteiger partial charge on any atom is -0.399 e. The Kier molecular flexibility index (Phi) is 2.67. The van der Waals surface area contributed by atoms with Crippen molar-refractivity contribution >= 4 is 16.7 Å². The van der Waals surface area contributed by atoms with E-state index in [0.717, 1.165) is 28.0 Å². The van der Waals surface area contributed by atoms with Crippen LogP contribution in [0, 0.1) is 13.8 Å². The molecule has 0 radical (unpaired) electrons. The van der Waals surface area contributed by atoms with Gasteiger partial charge in [0.1, 0.15) is 0 Å². The normalized spacial score (nSPS) is 10.8. The van der Waals surface area contributed by atoms with E-state index in [4.69, 9.17) is 10.7 Å². The number of hydrogen-bond acceptors (Lipinski definition) is 3. The predicted molar refractivity (Wildman–Crippen MR) is 78.9 cm³/mol. The number of fused-ring (bicyclic) bond motifs is 1. The van der Waals surface area contributed by atoms with Crippen LogP contribution in [0.5, 0.6) is 0 Å². The van der Waals surface area contributed by atoms with E-state index in [-0.39, 0.29) is 0 Å². The fourth-order valence-electron chi connectivity index (χ4n) is 2.14. The molecule has 0 spiro atoms. The lowest BCUT2D eigenvalue weighted by Gasteiger charge is -2.07. The first-order chi connectivity index (χ1) is 9.13. The zero-order valence-electron chi connectivity index (χ0n) is 11.0. The van der Waals surface area contributed by atoms with E-state index in [1.54, 1.807) is 0 Å². The number of hydrogen-bond donors (Lipinski definition) is 1. The maximum absolute atomic E-state index is 5.80. The highest BCUT2D eigenvalue weighted by Gasteiger charge is 2.07. The second-order valence-corrected chi connectivity index (χ2v) is 4.77. The Morgan fingerprint density at radius 3 is 2.32 bits per heavy atom. The smallest absolute Gasteiger partial charge is 0.0922 e. The molecule has 0 atom stereocenters. The number of nitrogen functional groups attached to an aromatic ring is 1. The van der Waals surface area contributed by atoms with Crippen molar-refractivity contribution in [3.8, 4) is 11.3 Å². The van der Waals surface area contributed by atoms with Crippen molar-refractivity contribution in [3.05, 3.63) is 53.7 Å². The molecule has 94 valence electrons. The fraction of sp³-hybridized carbons (Fsp3) is 0.125. The lowest BCUT2D eigenvalue weighted by Crippen LogP contribution is -1.95. The van der Waals surface area contributed by atoms with Gasteiger partial charge in [0.25, 0.3) is 0 Å². The van der Waals surface area contributed by atoms with Crippen LogP contribution in [0.2, 0.25) is 0 Å². The van der Waals surface area contributed by atoms with E-state index >= 15 is 0 Å². The van der Waals surface area contributed by atoms with E-state index < -0.39 is 0 Å². The predicted octanol–water partition coefficient (Wildman–Crippen LogP) is 3.50. The standard InChI is InChI=1S/C16H15N3/c1-10-3-5-12(6-4-10)16-11(2)18-14-8-7-13(17)9-15(14)19-16/h3-9H,17H2,1-2H3. The lowest BCUT2D eigenvalue weighted by atomic mass is 10.1. The summed E-state index contributed by atoms with van der Waals surface area (Å²) < 4.78 is 0. The van der Waals surface area contributed by atoms with Gasteiger partial charge in [0.2, 0.25) is 0 Å². The zero-order chi connectivity index (χ0) is 13.4. The molecule has 0 amide bonds. The molecule has 3 rings (SSSR count). The number of aromatic nitrogens is 2. The van der Waals surface area contributed by atoms with Crippen LogP contribution in [0.4, 0.5) is 5.69 Å². The van der Waals surface area contributed by atoms with E-state index in [9.17, 15) is 0 Å². The molecule has 0 bridgehead atoms. The van der Waals surface area contributed by atoms with Gasteiger partial charge in [0.15, 0.2) is 0 Å². The van der Waals surface area contributed by atoms with Gasteiger partial charge in [-0.3, -0.25) is 0 Å². The minimum atomic E-state index is 0.709. The molecule has 0 aliphatic rings. The van der Waals surface area contributed by atoms with E-state index in [1.165, 1.54) is 5.56 Å². The summed E-state index contributed by atoms with van der Waals surface area (Å²) in [5.41, 5.74) is 12.4. The number of rotatable bonds is 1. The van der Waals surface area contributed by atoms with Gasteiger partial charge in [0.05, 0.1) is 22.4 Å². The SMILES string of the molecule is Cc1ccc(-c2nc3cc(N)ccc3nc2C)cc1. The largest absolute Gasteiger partial charge is 0.399 e. The highest BCUT2D eigenvalue weighted by atomic mass is 14.8. The molecule has 3 nitrogen and oxygen atoms in total. The summed E-state index contributed by atoms with van der Waals surface area (Å²) in [7, 11) is 0. The van der Waals surface area contributed by atoms with Crippen LogP contribution in [0.15, 0.2) is 42.5 Å². The average molecular weight is 249 g/mol. The van der Waals surface area contributed by atoms with Gasteiger partial charge in [0, 0.05) is 11.3 Å². The number of nitrogens with zero attached hydrogens (tertiary/aromatic N) is 2. The molecule has 0 aliphatic heterocycles. The maximum Gasteiger partial charge on any atom is 0.0922 e. The summed E-state index contributed by atoms with van der Waals surface area (Å²) >= 11 is 0. The molecule has 3 heteroatoms. The summed E-state index contributed by atoms with van der Waals surface area (Å²) in [5, 5.41) is 0. The average Bonchev–Trinajstić information content (AvgIpc) is 2.40. The quantitative estimate of drug-likeness (QED) is 0.671. The van der Waals surface area contributed by atoms with Crippen LogP contribution in [0.1, 0.15) is 11.3 Å². The number of aryl methyl sites for hydroxylation is 2. The molecule has 0 saturated carbocycles. The summed E-state index contributed by atoms with van der Waals surface area (Å²) in [6, 6.07) is 13.9. The van der Waals surface area contributed by atoms with Gasteiger partial charge in [-0.05, 0) is 32.0 Å². The zero-order valence-corrected chi connectivity index (χ0v) is 11.0. The monoisotopic (exact) mass is 249 g/mol. The first-order valence-electron chi connectivity index (χ1n) is 6.24. The second-order valence-electron chi connectivity index (χ2n) is 4.77. The van der Waals surface area contributed by atoms with Gasteiger partial charge >= 0.3 is 0 Å². The fourth-order valence-corrected chi connectivity index (χ4v) is 2.14. The Balaban J connectivity index is 2.23.